The van der Waals surface area contributed by atoms with E-state index in [9.17, 15) is 0 Å². The van der Waals surface area contributed by atoms with Crippen LogP contribution in [-0.4, -0.2) is 6.61 Å². The lowest BCUT2D eigenvalue weighted by molar-refractivity contribution is 0.316. The maximum Gasteiger partial charge on any atom is 0.119 e. The Bertz CT molecular complexity index is 764. The van der Waals surface area contributed by atoms with E-state index in [-0.39, 0.29) is 0 Å². The van der Waals surface area contributed by atoms with E-state index in [0.29, 0.717) is 17.9 Å². The van der Waals surface area contributed by atoms with Gasteiger partial charge in [-0.05, 0) is 55.0 Å². The Morgan fingerprint density at radius 2 is 2.08 bits per heavy atom. The molecular formula is C22H25NO. The van der Waals surface area contributed by atoms with Gasteiger partial charge in [-0.15, -0.1) is 0 Å². The molecule has 124 valence electrons. The Morgan fingerprint density at radius 1 is 1.17 bits per heavy atom. The van der Waals surface area contributed by atoms with Crippen LogP contribution in [-0.2, 0) is 0 Å². The van der Waals surface area contributed by atoms with E-state index >= 15 is 0 Å². The van der Waals surface area contributed by atoms with Crippen LogP contribution in [0.15, 0.2) is 54.6 Å². The van der Waals surface area contributed by atoms with E-state index in [1.54, 1.807) is 0 Å². The Morgan fingerprint density at radius 3 is 2.92 bits per heavy atom. The SMILES string of the molecule is CCCOc1ccc2c(c1)C1C=CCC1C(c1cccc(C)c1)N2. The van der Waals surface area contributed by atoms with Gasteiger partial charge in [0.25, 0.3) is 0 Å². The Balaban J connectivity index is 1.69. The molecule has 2 nitrogen and oxygen atoms in total. The molecule has 1 aliphatic heterocycles. The number of ether oxygens (including phenoxy) is 1. The van der Waals surface area contributed by atoms with E-state index in [2.05, 4.69) is 73.8 Å². The minimum atomic E-state index is 0.375. The van der Waals surface area contributed by atoms with Crippen molar-refractivity contribution in [2.24, 2.45) is 5.92 Å². The standard InChI is InChI=1S/C22H25NO/c1-3-12-24-17-10-11-21-20(14-17)18-8-5-9-19(18)22(23-21)16-7-4-6-15(2)13-16/h4-8,10-11,13-14,18-19,22-23H,3,9,12H2,1-2H3. The molecule has 2 aliphatic rings. The van der Waals surface area contributed by atoms with Gasteiger partial charge in [-0.2, -0.15) is 0 Å². The van der Waals surface area contributed by atoms with Gasteiger partial charge in [0, 0.05) is 11.6 Å². The molecule has 0 fully saturated rings. The summed E-state index contributed by atoms with van der Waals surface area (Å²) in [6, 6.07) is 15.8. The van der Waals surface area contributed by atoms with Crippen molar-refractivity contribution >= 4 is 5.69 Å². The van der Waals surface area contributed by atoms with E-state index in [1.165, 1.54) is 22.4 Å². The lowest BCUT2D eigenvalue weighted by Gasteiger charge is -2.37. The second kappa shape index (κ2) is 6.35. The van der Waals surface area contributed by atoms with Crippen LogP contribution < -0.4 is 10.1 Å². The van der Waals surface area contributed by atoms with Crippen LogP contribution in [0.3, 0.4) is 0 Å². The molecule has 2 heteroatoms. The maximum atomic E-state index is 5.85. The number of hydrogen-bond acceptors (Lipinski definition) is 2. The molecule has 2 aromatic rings. The van der Waals surface area contributed by atoms with E-state index in [1.807, 2.05) is 0 Å². The minimum absolute atomic E-state index is 0.375. The molecule has 0 saturated heterocycles. The Hall–Kier alpha value is -2.22. The van der Waals surface area contributed by atoms with Crippen LogP contribution in [0.25, 0.3) is 0 Å². The minimum Gasteiger partial charge on any atom is -0.494 e. The highest BCUT2D eigenvalue weighted by Crippen LogP contribution is 2.50. The summed E-state index contributed by atoms with van der Waals surface area (Å²) >= 11 is 0. The monoisotopic (exact) mass is 319 g/mol. The number of rotatable bonds is 4. The van der Waals surface area contributed by atoms with Crippen LogP contribution in [0.5, 0.6) is 5.75 Å². The van der Waals surface area contributed by atoms with Crippen molar-refractivity contribution in [2.75, 3.05) is 11.9 Å². The molecule has 0 bridgehead atoms. The van der Waals surface area contributed by atoms with Crippen molar-refractivity contribution in [1.82, 2.24) is 0 Å². The van der Waals surface area contributed by atoms with Crippen LogP contribution in [0.4, 0.5) is 5.69 Å². The largest absolute Gasteiger partial charge is 0.494 e. The number of nitrogens with one attached hydrogen (secondary N) is 1. The summed E-state index contributed by atoms with van der Waals surface area (Å²) in [4.78, 5) is 0. The van der Waals surface area contributed by atoms with Gasteiger partial charge in [-0.1, -0.05) is 48.9 Å². The maximum absolute atomic E-state index is 5.85. The smallest absolute Gasteiger partial charge is 0.119 e. The van der Waals surface area contributed by atoms with Crippen LogP contribution >= 0.6 is 0 Å². The highest BCUT2D eigenvalue weighted by Gasteiger charge is 2.37. The molecule has 4 rings (SSSR count). The van der Waals surface area contributed by atoms with E-state index in [4.69, 9.17) is 4.74 Å². The van der Waals surface area contributed by atoms with Gasteiger partial charge in [0.2, 0.25) is 0 Å². The van der Waals surface area contributed by atoms with Gasteiger partial charge in [0.1, 0.15) is 5.75 Å². The fourth-order valence-corrected chi connectivity index (χ4v) is 4.08. The zero-order valence-corrected chi connectivity index (χ0v) is 14.5. The normalized spacial score (nSPS) is 24.2. The first-order chi connectivity index (χ1) is 11.8. The van der Waals surface area contributed by atoms with Crippen molar-refractivity contribution in [3.63, 3.8) is 0 Å². The molecule has 1 N–H and O–H groups in total. The van der Waals surface area contributed by atoms with Gasteiger partial charge < -0.3 is 10.1 Å². The average molecular weight is 319 g/mol. The first-order valence-electron chi connectivity index (χ1n) is 9.03. The predicted molar refractivity (Wildman–Crippen MR) is 99.8 cm³/mol. The molecule has 1 heterocycles. The third-order valence-electron chi connectivity index (χ3n) is 5.21. The highest BCUT2D eigenvalue weighted by atomic mass is 16.5. The van der Waals surface area contributed by atoms with Crippen LogP contribution in [0.2, 0.25) is 0 Å². The van der Waals surface area contributed by atoms with Crippen LogP contribution in [0.1, 0.15) is 48.4 Å². The molecule has 0 spiro atoms. The van der Waals surface area contributed by atoms with Crippen molar-refractivity contribution < 1.29 is 4.74 Å². The van der Waals surface area contributed by atoms with Crippen molar-refractivity contribution in [1.29, 1.82) is 0 Å². The summed E-state index contributed by atoms with van der Waals surface area (Å²) in [5.41, 5.74) is 5.35. The van der Waals surface area contributed by atoms with Crippen molar-refractivity contribution in [3.05, 3.63) is 71.3 Å². The first kappa shape index (κ1) is 15.3. The van der Waals surface area contributed by atoms with Gasteiger partial charge >= 0.3 is 0 Å². The fraction of sp³-hybridized carbons (Fsp3) is 0.364. The summed E-state index contributed by atoms with van der Waals surface area (Å²) in [6.45, 7) is 5.09. The Labute approximate surface area is 144 Å². The lowest BCUT2D eigenvalue weighted by atomic mass is 9.77. The Kier molecular flexibility index (Phi) is 4.05. The van der Waals surface area contributed by atoms with Gasteiger partial charge in [-0.25, -0.2) is 0 Å². The molecule has 0 saturated carbocycles. The van der Waals surface area contributed by atoms with Gasteiger partial charge in [-0.3, -0.25) is 0 Å². The predicted octanol–water partition coefficient (Wildman–Crippen LogP) is 5.61. The number of fused-ring (bicyclic) bond motifs is 3. The molecule has 2 aromatic carbocycles. The van der Waals surface area contributed by atoms with Gasteiger partial charge in [0.05, 0.1) is 12.6 Å². The summed E-state index contributed by atoms with van der Waals surface area (Å²) < 4.78 is 5.85. The average Bonchev–Trinajstić information content (AvgIpc) is 3.09. The molecule has 24 heavy (non-hydrogen) atoms. The quantitative estimate of drug-likeness (QED) is 0.740. The highest BCUT2D eigenvalue weighted by molar-refractivity contribution is 5.61. The third kappa shape index (κ3) is 2.71. The van der Waals surface area contributed by atoms with E-state index in [0.717, 1.165) is 25.2 Å². The number of anilines is 1. The zero-order valence-electron chi connectivity index (χ0n) is 14.5. The first-order valence-corrected chi connectivity index (χ1v) is 9.03. The summed E-state index contributed by atoms with van der Waals surface area (Å²) in [5, 5.41) is 3.80. The number of allylic oxidation sites excluding steroid dienone is 2. The second-order valence-corrected chi connectivity index (χ2v) is 6.99. The molecular weight excluding hydrogens is 294 g/mol. The number of benzene rings is 2. The third-order valence-corrected chi connectivity index (χ3v) is 5.21. The summed E-state index contributed by atoms with van der Waals surface area (Å²) in [6.07, 6.45) is 6.90. The van der Waals surface area contributed by atoms with E-state index < -0.39 is 0 Å². The molecule has 0 aromatic heterocycles. The van der Waals surface area contributed by atoms with Crippen molar-refractivity contribution in [2.45, 2.75) is 38.6 Å². The van der Waals surface area contributed by atoms with Gasteiger partial charge in [0.15, 0.2) is 0 Å². The topological polar surface area (TPSA) is 21.3 Å². The second-order valence-electron chi connectivity index (χ2n) is 6.99. The molecule has 0 amide bonds. The summed E-state index contributed by atoms with van der Waals surface area (Å²) in [7, 11) is 0. The number of hydrogen-bond donors (Lipinski definition) is 1. The fourth-order valence-electron chi connectivity index (χ4n) is 4.08. The summed E-state index contributed by atoms with van der Waals surface area (Å²) in [5.74, 6) is 2.06. The molecule has 0 radical (unpaired) electrons. The zero-order chi connectivity index (χ0) is 16.5. The van der Waals surface area contributed by atoms with Crippen molar-refractivity contribution in [3.8, 4) is 5.75 Å². The molecule has 3 atom stereocenters. The van der Waals surface area contributed by atoms with Crippen LogP contribution in [0, 0.1) is 12.8 Å². The molecule has 1 aliphatic carbocycles. The lowest BCUT2D eigenvalue weighted by Crippen LogP contribution is -2.29. The molecule has 3 unspecified atom stereocenters. The number of aryl methyl sites for hydroxylation is 1.